The van der Waals surface area contributed by atoms with E-state index < -0.39 is 29.4 Å². The molecule has 0 aromatic heterocycles. The van der Waals surface area contributed by atoms with E-state index >= 15 is 0 Å². The number of hydrogen-bond donors (Lipinski definition) is 0. The minimum absolute atomic E-state index is 0.317. The zero-order chi connectivity index (χ0) is 15.4. The molecule has 118 valence electrons. The average molecular weight is 310 g/mol. The van der Waals surface area contributed by atoms with Gasteiger partial charge in [0.05, 0.1) is 5.41 Å². The second-order valence-corrected chi connectivity index (χ2v) is 6.67. The Morgan fingerprint density at radius 3 is 1.71 bits per heavy atom. The summed E-state index contributed by atoms with van der Waals surface area (Å²) in [4.78, 5) is 12.2. The standard InChI is InChI=1S/C14H15F5O2/c15-11(16)10(14(17,18)19)21-12(20)13-4-7-1-8(5-13)3-9(2-7)6-13/h7-9H,1-6H2. The van der Waals surface area contributed by atoms with E-state index in [1.54, 1.807) is 0 Å². The van der Waals surface area contributed by atoms with Gasteiger partial charge >= 0.3 is 18.2 Å². The van der Waals surface area contributed by atoms with Crippen LogP contribution >= 0.6 is 0 Å². The van der Waals surface area contributed by atoms with Crippen molar-refractivity contribution < 1.29 is 31.5 Å². The monoisotopic (exact) mass is 310 g/mol. The third-order valence-electron chi connectivity index (χ3n) is 5.10. The van der Waals surface area contributed by atoms with Gasteiger partial charge in [0.15, 0.2) is 0 Å². The average Bonchev–Trinajstić information content (AvgIpc) is 2.31. The van der Waals surface area contributed by atoms with E-state index in [2.05, 4.69) is 4.74 Å². The first-order chi connectivity index (χ1) is 9.69. The molecular formula is C14H15F5O2. The van der Waals surface area contributed by atoms with Crippen molar-refractivity contribution in [3.05, 3.63) is 11.8 Å². The Labute approximate surface area is 118 Å². The second-order valence-electron chi connectivity index (χ2n) is 6.67. The van der Waals surface area contributed by atoms with Crippen LogP contribution in [0.5, 0.6) is 0 Å². The van der Waals surface area contributed by atoms with Gasteiger partial charge in [0, 0.05) is 0 Å². The predicted molar refractivity (Wildman–Crippen MR) is 62.0 cm³/mol. The first kappa shape index (κ1) is 14.8. The van der Waals surface area contributed by atoms with Crippen LogP contribution in [0.15, 0.2) is 11.8 Å². The van der Waals surface area contributed by atoms with Crippen LogP contribution in [0.3, 0.4) is 0 Å². The minimum atomic E-state index is -5.35. The lowest BCUT2D eigenvalue weighted by Gasteiger charge is -2.55. The number of alkyl halides is 3. The van der Waals surface area contributed by atoms with Gasteiger partial charge in [-0.25, -0.2) is 0 Å². The fraction of sp³-hybridized carbons (Fsp3) is 0.786. The number of carbonyl (C=O) groups is 1. The first-order valence-electron chi connectivity index (χ1n) is 7.04. The smallest absolute Gasteiger partial charge is 0.415 e. The second kappa shape index (κ2) is 4.68. The third kappa shape index (κ3) is 2.55. The molecule has 0 unspecified atom stereocenters. The summed E-state index contributed by atoms with van der Waals surface area (Å²) in [6, 6.07) is 0. The van der Waals surface area contributed by atoms with Gasteiger partial charge in [-0.3, -0.25) is 4.79 Å². The molecule has 0 amide bonds. The number of rotatable bonds is 2. The van der Waals surface area contributed by atoms with Gasteiger partial charge in [-0.05, 0) is 56.3 Å². The van der Waals surface area contributed by atoms with Crippen molar-refractivity contribution in [2.45, 2.75) is 44.7 Å². The van der Waals surface area contributed by atoms with Crippen molar-refractivity contribution in [3.8, 4) is 0 Å². The molecule has 2 nitrogen and oxygen atoms in total. The lowest BCUT2D eigenvalue weighted by molar-refractivity contribution is -0.183. The molecule has 4 saturated carbocycles. The van der Waals surface area contributed by atoms with Gasteiger partial charge in [0.2, 0.25) is 0 Å². The maximum atomic E-state index is 12.5. The molecule has 4 rings (SSSR count). The molecule has 21 heavy (non-hydrogen) atoms. The Balaban J connectivity index is 1.81. The molecule has 0 saturated heterocycles. The number of hydrogen-bond acceptors (Lipinski definition) is 2. The van der Waals surface area contributed by atoms with E-state index in [9.17, 15) is 26.7 Å². The van der Waals surface area contributed by atoms with Gasteiger partial charge in [0.25, 0.3) is 5.76 Å². The zero-order valence-electron chi connectivity index (χ0n) is 11.2. The molecule has 4 bridgehead atoms. The summed E-state index contributed by atoms with van der Waals surface area (Å²) in [6.07, 6.45) is -3.97. The van der Waals surface area contributed by atoms with Gasteiger partial charge in [-0.2, -0.15) is 22.0 Å². The molecule has 0 radical (unpaired) electrons. The minimum Gasteiger partial charge on any atom is -0.415 e. The van der Waals surface area contributed by atoms with E-state index in [0.29, 0.717) is 37.0 Å². The Hall–Kier alpha value is -1.14. The van der Waals surface area contributed by atoms with E-state index in [0.717, 1.165) is 19.3 Å². The van der Waals surface area contributed by atoms with Crippen molar-refractivity contribution in [2.24, 2.45) is 23.2 Å². The molecule has 7 heteroatoms. The third-order valence-corrected chi connectivity index (χ3v) is 5.10. The van der Waals surface area contributed by atoms with Crippen molar-refractivity contribution in [1.29, 1.82) is 0 Å². The quantitative estimate of drug-likeness (QED) is 0.429. The summed E-state index contributed by atoms with van der Waals surface area (Å²) >= 11 is 0. The zero-order valence-corrected chi connectivity index (χ0v) is 11.2. The molecule has 4 aliphatic rings. The Morgan fingerprint density at radius 2 is 1.38 bits per heavy atom. The largest absolute Gasteiger partial charge is 0.455 e. The van der Waals surface area contributed by atoms with Gasteiger partial charge < -0.3 is 4.74 Å². The van der Waals surface area contributed by atoms with E-state index in [1.165, 1.54) is 0 Å². The van der Waals surface area contributed by atoms with Crippen LogP contribution in [0, 0.1) is 23.2 Å². The van der Waals surface area contributed by atoms with Gasteiger partial charge in [0.1, 0.15) is 0 Å². The SMILES string of the molecule is O=C(OC(=C(F)F)C(F)(F)F)C12CC3CC(CC(C3)C1)C2. The van der Waals surface area contributed by atoms with Crippen LogP contribution in [0.4, 0.5) is 22.0 Å². The molecule has 0 aromatic carbocycles. The molecule has 4 fully saturated rings. The highest BCUT2D eigenvalue weighted by molar-refractivity contribution is 5.78. The van der Waals surface area contributed by atoms with Crippen LogP contribution < -0.4 is 0 Å². The van der Waals surface area contributed by atoms with Crippen molar-refractivity contribution >= 4 is 5.97 Å². The normalized spacial score (nSPS) is 37.5. The molecular weight excluding hydrogens is 295 g/mol. The fourth-order valence-corrected chi connectivity index (χ4v) is 4.77. The molecule has 0 aromatic rings. The highest BCUT2D eigenvalue weighted by atomic mass is 19.4. The predicted octanol–water partition coefficient (Wildman–Crippen LogP) is 4.42. The van der Waals surface area contributed by atoms with Crippen molar-refractivity contribution in [1.82, 2.24) is 0 Å². The summed E-state index contributed by atoms with van der Waals surface area (Å²) < 4.78 is 66.4. The maximum Gasteiger partial charge on any atom is 0.455 e. The number of ether oxygens (including phenoxy) is 1. The van der Waals surface area contributed by atoms with E-state index in [1.807, 2.05) is 0 Å². The Kier molecular flexibility index (Phi) is 3.29. The molecule has 0 heterocycles. The van der Waals surface area contributed by atoms with Gasteiger partial charge in [-0.1, -0.05) is 0 Å². The van der Waals surface area contributed by atoms with Crippen LogP contribution in [-0.4, -0.2) is 12.1 Å². The summed E-state index contributed by atoms with van der Waals surface area (Å²) in [5.41, 5.74) is -0.985. The van der Waals surface area contributed by atoms with Crippen molar-refractivity contribution in [3.63, 3.8) is 0 Å². The molecule has 0 N–H and O–H groups in total. The highest BCUT2D eigenvalue weighted by Gasteiger charge is 2.57. The van der Waals surface area contributed by atoms with Crippen LogP contribution in [0.2, 0.25) is 0 Å². The van der Waals surface area contributed by atoms with Gasteiger partial charge in [-0.15, -0.1) is 0 Å². The van der Waals surface area contributed by atoms with Crippen LogP contribution in [0.1, 0.15) is 38.5 Å². The number of carbonyl (C=O) groups excluding carboxylic acids is 1. The molecule has 4 aliphatic carbocycles. The molecule has 0 atom stereocenters. The van der Waals surface area contributed by atoms with Crippen molar-refractivity contribution in [2.75, 3.05) is 0 Å². The fourth-order valence-electron chi connectivity index (χ4n) is 4.77. The highest BCUT2D eigenvalue weighted by Crippen LogP contribution is 2.60. The number of allylic oxidation sites excluding steroid dienone is 1. The van der Waals surface area contributed by atoms with Crippen LogP contribution in [-0.2, 0) is 9.53 Å². The number of esters is 1. The summed E-state index contributed by atoms with van der Waals surface area (Å²) in [6.45, 7) is 0. The van der Waals surface area contributed by atoms with E-state index in [-0.39, 0.29) is 0 Å². The Morgan fingerprint density at radius 1 is 0.952 bits per heavy atom. The lowest BCUT2D eigenvalue weighted by Crippen LogP contribution is -2.50. The first-order valence-corrected chi connectivity index (χ1v) is 7.04. The lowest BCUT2D eigenvalue weighted by atomic mass is 9.49. The summed E-state index contributed by atoms with van der Waals surface area (Å²) in [5, 5.41) is 0. The Bertz CT molecular complexity index is 455. The van der Waals surface area contributed by atoms with Crippen LogP contribution in [0.25, 0.3) is 0 Å². The van der Waals surface area contributed by atoms with E-state index in [4.69, 9.17) is 0 Å². The topological polar surface area (TPSA) is 26.3 Å². The maximum absolute atomic E-state index is 12.5. The molecule has 0 aliphatic heterocycles. The summed E-state index contributed by atoms with van der Waals surface area (Å²) in [7, 11) is 0. The number of halogens is 5. The molecule has 0 spiro atoms. The summed E-state index contributed by atoms with van der Waals surface area (Å²) in [5.74, 6) is -2.63.